The van der Waals surface area contributed by atoms with Gasteiger partial charge in [0.25, 0.3) is 0 Å². The van der Waals surface area contributed by atoms with E-state index in [1.165, 1.54) is 11.3 Å². The van der Waals surface area contributed by atoms with Gasteiger partial charge in [-0.1, -0.05) is 12.1 Å². The molecule has 1 unspecified atom stereocenters. The van der Waals surface area contributed by atoms with E-state index < -0.39 is 12.0 Å². The molecule has 0 aliphatic carbocycles. The van der Waals surface area contributed by atoms with Gasteiger partial charge in [-0.2, -0.15) is 0 Å². The van der Waals surface area contributed by atoms with E-state index in [-0.39, 0.29) is 18.8 Å². The molecule has 1 aromatic carbocycles. The van der Waals surface area contributed by atoms with Gasteiger partial charge in [-0.05, 0) is 12.1 Å². The molecule has 0 radical (unpaired) electrons. The number of thiazole rings is 1. The maximum absolute atomic E-state index is 10.6. The zero-order valence-electron chi connectivity index (χ0n) is 8.29. The average molecular weight is 259 g/mol. The van der Waals surface area contributed by atoms with Crippen LogP contribution >= 0.6 is 23.7 Å². The van der Waals surface area contributed by atoms with E-state index in [1.807, 2.05) is 24.3 Å². The number of nitrogens with two attached hydrogens (primary N) is 1. The summed E-state index contributed by atoms with van der Waals surface area (Å²) in [7, 11) is 0. The highest BCUT2D eigenvalue weighted by Crippen LogP contribution is 2.22. The lowest BCUT2D eigenvalue weighted by molar-refractivity contribution is -0.138. The Morgan fingerprint density at radius 1 is 1.50 bits per heavy atom. The van der Waals surface area contributed by atoms with Crippen LogP contribution in [-0.4, -0.2) is 22.1 Å². The standard InChI is InChI=1S/C10H10N2O2S.ClH/c11-6(10(13)14)5-9-12-7-3-1-2-4-8(7)15-9;/h1-4,6H,5,11H2,(H,13,14);1H. The topological polar surface area (TPSA) is 76.2 Å². The van der Waals surface area contributed by atoms with Crippen molar-refractivity contribution in [1.82, 2.24) is 4.98 Å². The number of fused-ring (bicyclic) bond motifs is 1. The molecule has 1 atom stereocenters. The van der Waals surface area contributed by atoms with Crippen molar-refractivity contribution in [2.75, 3.05) is 0 Å². The molecule has 1 aromatic heterocycles. The lowest BCUT2D eigenvalue weighted by Crippen LogP contribution is -2.32. The van der Waals surface area contributed by atoms with Crippen molar-refractivity contribution < 1.29 is 9.90 Å². The summed E-state index contributed by atoms with van der Waals surface area (Å²) in [6, 6.07) is 6.83. The molecule has 86 valence electrons. The van der Waals surface area contributed by atoms with Crippen molar-refractivity contribution in [2.24, 2.45) is 5.73 Å². The predicted octanol–water partition coefficient (Wildman–Crippen LogP) is 1.67. The minimum absolute atomic E-state index is 0. The minimum atomic E-state index is -0.991. The molecule has 4 nitrogen and oxygen atoms in total. The number of benzene rings is 1. The van der Waals surface area contributed by atoms with Crippen LogP contribution in [0.25, 0.3) is 10.2 Å². The first-order valence-electron chi connectivity index (χ1n) is 4.49. The number of halogens is 1. The van der Waals surface area contributed by atoms with Crippen molar-refractivity contribution in [3.8, 4) is 0 Å². The lowest BCUT2D eigenvalue weighted by atomic mass is 10.2. The molecule has 0 fully saturated rings. The third-order valence-corrected chi connectivity index (χ3v) is 3.11. The molecule has 1 heterocycles. The second-order valence-corrected chi connectivity index (χ2v) is 4.34. The summed E-state index contributed by atoms with van der Waals surface area (Å²) in [5, 5.41) is 9.44. The maximum Gasteiger partial charge on any atom is 0.320 e. The normalized spacial score (nSPS) is 12.1. The number of hydrogen-bond donors (Lipinski definition) is 2. The van der Waals surface area contributed by atoms with E-state index in [9.17, 15) is 4.79 Å². The van der Waals surface area contributed by atoms with Gasteiger partial charge in [0.2, 0.25) is 0 Å². The molecule has 0 aliphatic heterocycles. The quantitative estimate of drug-likeness (QED) is 0.878. The SMILES string of the molecule is Cl.NC(Cc1nc2ccccc2s1)C(=O)O. The molecule has 6 heteroatoms. The molecule has 0 saturated carbocycles. The number of hydrogen-bond acceptors (Lipinski definition) is 4. The highest BCUT2D eigenvalue weighted by atomic mass is 35.5. The summed E-state index contributed by atoms with van der Waals surface area (Å²) in [6.45, 7) is 0. The van der Waals surface area contributed by atoms with E-state index in [0.29, 0.717) is 0 Å². The predicted molar refractivity (Wildman–Crippen MR) is 66.2 cm³/mol. The largest absolute Gasteiger partial charge is 0.480 e. The van der Waals surface area contributed by atoms with Crippen molar-refractivity contribution >= 4 is 39.9 Å². The Hall–Kier alpha value is -1.17. The minimum Gasteiger partial charge on any atom is -0.480 e. The summed E-state index contributed by atoms with van der Waals surface area (Å²) in [5.74, 6) is -0.991. The number of nitrogens with zero attached hydrogens (tertiary/aromatic N) is 1. The highest BCUT2D eigenvalue weighted by Gasteiger charge is 2.14. The number of rotatable bonds is 3. The zero-order chi connectivity index (χ0) is 10.8. The first-order valence-corrected chi connectivity index (χ1v) is 5.31. The van der Waals surface area contributed by atoms with Crippen LogP contribution < -0.4 is 5.73 Å². The van der Waals surface area contributed by atoms with Gasteiger partial charge in [-0.25, -0.2) is 4.98 Å². The van der Waals surface area contributed by atoms with Crippen LogP contribution in [0.3, 0.4) is 0 Å². The van der Waals surface area contributed by atoms with E-state index in [2.05, 4.69) is 4.98 Å². The number of carbonyl (C=O) groups is 1. The van der Waals surface area contributed by atoms with Crippen LogP contribution in [0.2, 0.25) is 0 Å². The Morgan fingerprint density at radius 2 is 2.19 bits per heavy atom. The fourth-order valence-corrected chi connectivity index (χ4v) is 2.31. The second-order valence-electron chi connectivity index (χ2n) is 3.22. The van der Waals surface area contributed by atoms with Crippen LogP contribution in [-0.2, 0) is 11.2 Å². The van der Waals surface area contributed by atoms with Crippen LogP contribution in [0.5, 0.6) is 0 Å². The Balaban J connectivity index is 0.00000128. The van der Waals surface area contributed by atoms with Crippen LogP contribution in [0, 0.1) is 0 Å². The molecule has 3 N–H and O–H groups in total. The fourth-order valence-electron chi connectivity index (χ4n) is 1.28. The summed E-state index contributed by atoms with van der Waals surface area (Å²) in [6.07, 6.45) is 0.286. The Morgan fingerprint density at radius 3 is 2.81 bits per heavy atom. The molecule has 2 rings (SSSR count). The number of aliphatic carboxylic acids is 1. The molecular weight excluding hydrogens is 248 g/mol. The van der Waals surface area contributed by atoms with Crippen molar-refractivity contribution in [2.45, 2.75) is 12.5 Å². The fraction of sp³-hybridized carbons (Fsp3) is 0.200. The van der Waals surface area contributed by atoms with E-state index in [1.54, 1.807) is 0 Å². The first-order chi connectivity index (χ1) is 7.16. The van der Waals surface area contributed by atoms with Gasteiger partial charge in [0.05, 0.1) is 15.2 Å². The maximum atomic E-state index is 10.6. The van der Waals surface area contributed by atoms with Gasteiger partial charge in [0, 0.05) is 6.42 Å². The van der Waals surface area contributed by atoms with Gasteiger partial charge in [0.15, 0.2) is 0 Å². The molecule has 16 heavy (non-hydrogen) atoms. The number of carboxylic acids is 1. The zero-order valence-corrected chi connectivity index (χ0v) is 9.92. The number of carboxylic acid groups (broad SMARTS) is 1. The average Bonchev–Trinajstić information content (AvgIpc) is 2.59. The van der Waals surface area contributed by atoms with E-state index >= 15 is 0 Å². The third kappa shape index (κ3) is 2.69. The first kappa shape index (κ1) is 12.9. The molecule has 0 aliphatic rings. The van der Waals surface area contributed by atoms with Gasteiger partial charge < -0.3 is 10.8 Å². The van der Waals surface area contributed by atoms with Gasteiger partial charge in [-0.3, -0.25) is 4.79 Å². The Labute approximate surface area is 103 Å². The van der Waals surface area contributed by atoms with Crippen molar-refractivity contribution in [3.63, 3.8) is 0 Å². The smallest absolute Gasteiger partial charge is 0.320 e. The molecule has 0 spiro atoms. The lowest BCUT2D eigenvalue weighted by Gasteiger charge is -2.01. The van der Waals surface area contributed by atoms with Crippen molar-refractivity contribution in [3.05, 3.63) is 29.3 Å². The second kappa shape index (κ2) is 5.25. The highest BCUT2D eigenvalue weighted by molar-refractivity contribution is 7.18. The molecular formula is C10H11ClN2O2S. The summed E-state index contributed by atoms with van der Waals surface area (Å²) in [4.78, 5) is 14.9. The van der Waals surface area contributed by atoms with Crippen LogP contribution in [0.15, 0.2) is 24.3 Å². The number of para-hydroxylation sites is 1. The van der Waals surface area contributed by atoms with Gasteiger partial charge in [-0.15, -0.1) is 23.7 Å². The summed E-state index contributed by atoms with van der Waals surface area (Å²) in [5.41, 5.74) is 6.34. The molecule has 0 bridgehead atoms. The van der Waals surface area contributed by atoms with Gasteiger partial charge >= 0.3 is 5.97 Å². The molecule has 0 saturated heterocycles. The monoisotopic (exact) mass is 258 g/mol. The van der Waals surface area contributed by atoms with E-state index in [0.717, 1.165) is 15.2 Å². The molecule has 0 amide bonds. The Kier molecular flexibility index (Phi) is 4.23. The van der Waals surface area contributed by atoms with Crippen LogP contribution in [0.1, 0.15) is 5.01 Å². The summed E-state index contributed by atoms with van der Waals surface area (Å²) >= 11 is 1.49. The van der Waals surface area contributed by atoms with Crippen molar-refractivity contribution in [1.29, 1.82) is 0 Å². The van der Waals surface area contributed by atoms with Gasteiger partial charge in [0.1, 0.15) is 6.04 Å². The van der Waals surface area contributed by atoms with E-state index in [4.69, 9.17) is 10.8 Å². The summed E-state index contributed by atoms with van der Waals surface area (Å²) < 4.78 is 1.06. The Bertz CT molecular complexity index is 467. The van der Waals surface area contributed by atoms with Crippen LogP contribution in [0.4, 0.5) is 0 Å². The third-order valence-electron chi connectivity index (χ3n) is 2.05. The number of aromatic nitrogens is 1. The molecule has 2 aromatic rings.